The van der Waals surface area contributed by atoms with Gasteiger partial charge in [-0.2, -0.15) is 8.42 Å². The van der Waals surface area contributed by atoms with E-state index in [-0.39, 0.29) is 17.2 Å². The van der Waals surface area contributed by atoms with Gasteiger partial charge in [-0.1, -0.05) is 0 Å². The van der Waals surface area contributed by atoms with Crippen molar-refractivity contribution in [2.24, 2.45) is 0 Å². The molecule has 6 nitrogen and oxygen atoms in total. The molecule has 2 aromatic rings. The number of hydrazine groups is 1. The van der Waals surface area contributed by atoms with Crippen LogP contribution in [0.25, 0.3) is 0 Å². The van der Waals surface area contributed by atoms with Crippen LogP contribution in [-0.4, -0.2) is 14.5 Å². The number of sulfonamides is 1. The SMILES string of the molecule is Cc1cc(F)ccc1NS(=O)(=O)c1ccc(C2CC(C)NN2)o1. The number of rotatable bonds is 4. The van der Waals surface area contributed by atoms with Crippen LogP contribution in [0.2, 0.25) is 0 Å². The highest BCUT2D eigenvalue weighted by Gasteiger charge is 2.27. The third-order valence-electron chi connectivity index (χ3n) is 3.74. The first-order chi connectivity index (χ1) is 10.8. The maximum absolute atomic E-state index is 13.1. The van der Waals surface area contributed by atoms with Crippen LogP contribution in [-0.2, 0) is 10.0 Å². The number of aryl methyl sites for hydroxylation is 1. The second kappa shape index (κ2) is 5.95. The van der Waals surface area contributed by atoms with Crippen LogP contribution in [0.5, 0.6) is 0 Å². The third-order valence-corrected chi connectivity index (χ3v) is 4.97. The van der Waals surface area contributed by atoms with Crippen molar-refractivity contribution in [3.8, 4) is 0 Å². The van der Waals surface area contributed by atoms with Crippen molar-refractivity contribution < 1.29 is 17.2 Å². The Balaban J connectivity index is 1.81. The molecular formula is C15H18FN3O3S. The van der Waals surface area contributed by atoms with Gasteiger partial charge in [0.15, 0.2) is 0 Å². The summed E-state index contributed by atoms with van der Waals surface area (Å²) in [4.78, 5) is 0. The summed E-state index contributed by atoms with van der Waals surface area (Å²) < 4.78 is 45.8. The normalized spacial score (nSPS) is 21.5. The Kier molecular flexibility index (Phi) is 4.13. The quantitative estimate of drug-likeness (QED) is 0.797. The van der Waals surface area contributed by atoms with Gasteiger partial charge in [0.05, 0.1) is 11.7 Å². The smallest absolute Gasteiger partial charge is 0.295 e. The van der Waals surface area contributed by atoms with Crippen LogP contribution in [0, 0.1) is 12.7 Å². The summed E-state index contributed by atoms with van der Waals surface area (Å²) in [6, 6.07) is 7.13. The van der Waals surface area contributed by atoms with E-state index in [2.05, 4.69) is 15.6 Å². The number of hydrogen-bond donors (Lipinski definition) is 3. The van der Waals surface area contributed by atoms with Crippen molar-refractivity contribution in [1.82, 2.24) is 10.9 Å². The molecule has 1 aliphatic heterocycles. The molecule has 2 atom stereocenters. The van der Waals surface area contributed by atoms with Crippen molar-refractivity contribution in [3.63, 3.8) is 0 Å². The summed E-state index contributed by atoms with van der Waals surface area (Å²) in [7, 11) is -3.86. The summed E-state index contributed by atoms with van der Waals surface area (Å²) in [6.45, 7) is 3.65. The topological polar surface area (TPSA) is 83.4 Å². The molecule has 0 radical (unpaired) electrons. The van der Waals surface area contributed by atoms with Gasteiger partial charge in [-0.05, 0) is 56.2 Å². The fraction of sp³-hybridized carbons (Fsp3) is 0.333. The van der Waals surface area contributed by atoms with Gasteiger partial charge in [0.2, 0.25) is 5.09 Å². The maximum Gasteiger partial charge on any atom is 0.295 e. The zero-order valence-corrected chi connectivity index (χ0v) is 13.6. The van der Waals surface area contributed by atoms with Crippen LogP contribution >= 0.6 is 0 Å². The minimum Gasteiger partial charge on any atom is -0.446 e. The summed E-state index contributed by atoms with van der Waals surface area (Å²) >= 11 is 0. The second-order valence-electron chi connectivity index (χ2n) is 5.70. The highest BCUT2D eigenvalue weighted by Crippen LogP contribution is 2.27. The summed E-state index contributed by atoms with van der Waals surface area (Å²) in [5.74, 6) is 0.137. The Morgan fingerprint density at radius 2 is 2.04 bits per heavy atom. The lowest BCUT2D eigenvalue weighted by molar-refractivity contribution is 0.374. The van der Waals surface area contributed by atoms with Gasteiger partial charge in [-0.15, -0.1) is 0 Å². The van der Waals surface area contributed by atoms with E-state index < -0.39 is 15.8 Å². The molecule has 1 fully saturated rings. The van der Waals surface area contributed by atoms with Gasteiger partial charge >= 0.3 is 0 Å². The summed E-state index contributed by atoms with van der Waals surface area (Å²) in [6.07, 6.45) is 0.803. The number of anilines is 1. The van der Waals surface area contributed by atoms with Crippen LogP contribution < -0.4 is 15.6 Å². The zero-order chi connectivity index (χ0) is 16.6. The predicted molar refractivity (Wildman–Crippen MR) is 83.7 cm³/mol. The molecule has 23 heavy (non-hydrogen) atoms. The van der Waals surface area contributed by atoms with E-state index in [0.29, 0.717) is 17.0 Å². The first-order valence-corrected chi connectivity index (χ1v) is 8.73. The predicted octanol–water partition coefficient (Wildman–Crippen LogP) is 2.46. The lowest BCUT2D eigenvalue weighted by Crippen LogP contribution is -2.28. The number of hydrogen-bond acceptors (Lipinski definition) is 5. The second-order valence-corrected chi connectivity index (χ2v) is 7.31. The maximum atomic E-state index is 13.1. The average Bonchev–Trinajstić information content (AvgIpc) is 3.10. The molecule has 1 aromatic carbocycles. The molecule has 2 unspecified atom stereocenters. The number of nitrogens with one attached hydrogen (secondary N) is 3. The molecule has 1 aliphatic rings. The molecule has 0 aliphatic carbocycles. The lowest BCUT2D eigenvalue weighted by atomic mass is 10.1. The average molecular weight is 339 g/mol. The molecule has 124 valence electrons. The Morgan fingerprint density at radius 1 is 1.26 bits per heavy atom. The summed E-state index contributed by atoms with van der Waals surface area (Å²) in [5.41, 5.74) is 6.92. The molecule has 1 aromatic heterocycles. The van der Waals surface area contributed by atoms with Crippen molar-refractivity contribution in [1.29, 1.82) is 0 Å². The van der Waals surface area contributed by atoms with E-state index in [1.807, 2.05) is 6.92 Å². The molecule has 0 spiro atoms. The van der Waals surface area contributed by atoms with Gasteiger partial charge < -0.3 is 4.42 Å². The molecule has 1 saturated heterocycles. The third kappa shape index (κ3) is 3.39. The minimum absolute atomic E-state index is 0.0680. The molecular weight excluding hydrogens is 321 g/mol. The van der Waals surface area contributed by atoms with E-state index in [0.717, 1.165) is 6.42 Å². The number of halogens is 1. The monoisotopic (exact) mass is 339 g/mol. The number of benzene rings is 1. The highest BCUT2D eigenvalue weighted by molar-refractivity contribution is 7.92. The molecule has 0 bridgehead atoms. The lowest BCUT2D eigenvalue weighted by Gasteiger charge is -2.09. The Morgan fingerprint density at radius 3 is 2.70 bits per heavy atom. The van der Waals surface area contributed by atoms with E-state index >= 15 is 0 Å². The molecule has 2 heterocycles. The Bertz CT molecular complexity index is 819. The molecule has 0 saturated carbocycles. The first-order valence-electron chi connectivity index (χ1n) is 7.25. The Labute approximate surface area is 134 Å². The van der Waals surface area contributed by atoms with E-state index in [9.17, 15) is 12.8 Å². The zero-order valence-electron chi connectivity index (χ0n) is 12.8. The molecule has 3 N–H and O–H groups in total. The summed E-state index contributed by atoms with van der Waals surface area (Å²) in [5, 5.41) is -0.169. The molecule has 8 heteroatoms. The van der Waals surface area contributed by atoms with E-state index in [1.54, 1.807) is 13.0 Å². The van der Waals surface area contributed by atoms with Gasteiger partial charge in [0.25, 0.3) is 10.0 Å². The van der Waals surface area contributed by atoms with E-state index in [4.69, 9.17) is 4.42 Å². The van der Waals surface area contributed by atoms with Crippen molar-refractivity contribution in [2.75, 3.05) is 4.72 Å². The van der Waals surface area contributed by atoms with Crippen LogP contribution in [0.15, 0.2) is 39.8 Å². The first kappa shape index (κ1) is 16.0. The van der Waals surface area contributed by atoms with Crippen LogP contribution in [0.3, 0.4) is 0 Å². The highest BCUT2D eigenvalue weighted by atomic mass is 32.2. The molecule has 3 rings (SSSR count). The van der Waals surface area contributed by atoms with Gasteiger partial charge in [-0.25, -0.2) is 9.82 Å². The van der Waals surface area contributed by atoms with Crippen LogP contribution in [0.4, 0.5) is 10.1 Å². The Hall–Kier alpha value is -1.90. The van der Waals surface area contributed by atoms with Gasteiger partial charge in [0.1, 0.15) is 11.6 Å². The van der Waals surface area contributed by atoms with E-state index in [1.165, 1.54) is 24.3 Å². The fourth-order valence-electron chi connectivity index (χ4n) is 2.50. The van der Waals surface area contributed by atoms with Gasteiger partial charge in [0, 0.05) is 6.04 Å². The standard InChI is InChI=1S/C15H18FN3O3S/c1-9-7-11(16)3-4-12(9)19-23(20,21)15-6-5-14(22-15)13-8-10(2)17-18-13/h3-7,10,13,17-19H,8H2,1-2H3. The largest absolute Gasteiger partial charge is 0.446 e. The van der Waals surface area contributed by atoms with Crippen LogP contribution in [0.1, 0.15) is 30.7 Å². The minimum atomic E-state index is -3.86. The molecule has 0 amide bonds. The number of furan rings is 1. The van der Waals surface area contributed by atoms with Crippen molar-refractivity contribution in [3.05, 3.63) is 47.5 Å². The van der Waals surface area contributed by atoms with Crippen molar-refractivity contribution >= 4 is 15.7 Å². The van der Waals surface area contributed by atoms with Crippen molar-refractivity contribution in [2.45, 2.75) is 37.4 Å². The van der Waals surface area contributed by atoms with Gasteiger partial charge in [-0.3, -0.25) is 10.1 Å². The fourth-order valence-corrected chi connectivity index (χ4v) is 3.58.